The summed E-state index contributed by atoms with van der Waals surface area (Å²) in [5.74, 6) is 11.3. The second kappa shape index (κ2) is 11.1. The van der Waals surface area contributed by atoms with Gasteiger partial charge in [0.2, 0.25) is 5.88 Å². The number of pyridine rings is 1. The molecule has 184 valence electrons. The number of para-hydroxylation sites is 1. The van der Waals surface area contributed by atoms with Gasteiger partial charge in [0.15, 0.2) is 0 Å². The summed E-state index contributed by atoms with van der Waals surface area (Å²) < 4.78 is 30.4. The van der Waals surface area contributed by atoms with Gasteiger partial charge in [-0.25, -0.2) is 15.6 Å². The van der Waals surface area contributed by atoms with E-state index in [2.05, 4.69) is 25.6 Å². The molecule has 11 heteroatoms. The Morgan fingerprint density at radius 2 is 1.97 bits per heavy atom. The normalized spacial score (nSPS) is 17.9. The molecule has 0 aliphatic heterocycles. The van der Waals surface area contributed by atoms with Crippen molar-refractivity contribution >= 4 is 23.2 Å². The molecule has 0 bridgehead atoms. The molecule has 1 aromatic carbocycles. The number of nitrogens with one attached hydrogen (secondary N) is 2. The average Bonchev–Trinajstić information content (AvgIpc) is 2.76. The van der Waals surface area contributed by atoms with Crippen molar-refractivity contribution in [3.63, 3.8) is 0 Å². The number of amidine groups is 1. The highest BCUT2D eigenvalue weighted by molar-refractivity contribution is 6.03. The number of aromatic nitrogens is 1. The number of aryl methyl sites for hydroxylation is 1. The number of halogens is 2. The van der Waals surface area contributed by atoms with Gasteiger partial charge in [-0.1, -0.05) is 32.0 Å². The Balaban J connectivity index is 1.89. The van der Waals surface area contributed by atoms with Gasteiger partial charge >= 0.3 is 12.6 Å². The smallest absolute Gasteiger partial charge is 0.388 e. The third-order valence-corrected chi connectivity index (χ3v) is 5.86. The zero-order valence-corrected chi connectivity index (χ0v) is 19.5. The highest BCUT2D eigenvalue weighted by Gasteiger charge is 2.38. The number of anilines is 2. The van der Waals surface area contributed by atoms with E-state index in [-0.39, 0.29) is 29.4 Å². The number of amides is 2. The van der Waals surface area contributed by atoms with Crippen LogP contribution in [0.4, 0.5) is 25.0 Å². The molecule has 0 atom stereocenters. The van der Waals surface area contributed by atoms with Crippen molar-refractivity contribution in [1.29, 1.82) is 0 Å². The van der Waals surface area contributed by atoms with Crippen molar-refractivity contribution in [1.82, 2.24) is 10.4 Å². The summed E-state index contributed by atoms with van der Waals surface area (Å²) in [5, 5.41) is 6.36. The van der Waals surface area contributed by atoms with Gasteiger partial charge in [0.05, 0.1) is 0 Å². The SMILES string of the molecule is Cc1ccc(NC(=O)N(c2ccccc2C(C)C)C2CC(C/C(=N/N)NN)C2)c(OC(F)F)n1. The predicted octanol–water partition coefficient (Wildman–Crippen LogP) is 4.06. The summed E-state index contributed by atoms with van der Waals surface area (Å²) in [5.41, 5.74) is 4.81. The first-order valence-electron chi connectivity index (χ1n) is 11.1. The van der Waals surface area contributed by atoms with E-state index in [1.807, 2.05) is 38.1 Å². The van der Waals surface area contributed by atoms with Gasteiger partial charge in [-0.05, 0) is 55.4 Å². The zero-order valence-electron chi connectivity index (χ0n) is 19.5. The maximum Gasteiger partial charge on any atom is 0.388 e. The summed E-state index contributed by atoms with van der Waals surface area (Å²) in [6.07, 6.45) is 1.97. The molecule has 6 N–H and O–H groups in total. The Kier molecular flexibility index (Phi) is 8.21. The number of nitrogens with zero attached hydrogens (tertiary/aromatic N) is 3. The topological polar surface area (TPSA) is 131 Å². The Labute approximate surface area is 197 Å². The quantitative estimate of drug-likeness (QED) is 0.197. The lowest BCUT2D eigenvalue weighted by atomic mass is 9.76. The summed E-state index contributed by atoms with van der Waals surface area (Å²) in [6.45, 7) is 2.69. The monoisotopic (exact) mass is 475 g/mol. The van der Waals surface area contributed by atoms with Crippen LogP contribution in [0.5, 0.6) is 5.88 Å². The lowest BCUT2D eigenvalue weighted by Crippen LogP contribution is -2.51. The van der Waals surface area contributed by atoms with Crippen LogP contribution in [0.25, 0.3) is 0 Å². The molecule has 9 nitrogen and oxygen atoms in total. The highest BCUT2D eigenvalue weighted by Crippen LogP contribution is 2.40. The molecule has 1 heterocycles. The van der Waals surface area contributed by atoms with Crippen LogP contribution < -0.4 is 32.1 Å². The van der Waals surface area contributed by atoms with E-state index < -0.39 is 12.6 Å². The fourth-order valence-corrected chi connectivity index (χ4v) is 4.15. The van der Waals surface area contributed by atoms with E-state index in [0.29, 0.717) is 30.8 Å². The van der Waals surface area contributed by atoms with Crippen molar-refractivity contribution in [3.8, 4) is 5.88 Å². The number of hydrazone groups is 1. The number of hydrogen-bond donors (Lipinski definition) is 4. The molecular weight excluding hydrogens is 444 g/mol. The van der Waals surface area contributed by atoms with Gasteiger partial charge < -0.3 is 21.3 Å². The van der Waals surface area contributed by atoms with Gasteiger partial charge in [-0.15, -0.1) is 0 Å². The second-order valence-corrected chi connectivity index (χ2v) is 8.61. The summed E-state index contributed by atoms with van der Waals surface area (Å²) in [6, 6.07) is 10.2. The molecule has 0 unspecified atom stereocenters. The molecule has 1 fully saturated rings. The lowest BCUT2D eigenvalue weighted by molar-refractivity contribution is -0.0523. The maximum absolute atomic E-state index is 13.6. The van der Waals surface area contributed by atoms with E-state index in [1.54, 1.807) is 17.9 Å². The van der Waals surface area contributed by atoms with Crippen molar-refractivity contribution in [2.45, 2.75) is 58.6 Å². The third kappa shape index (κ3) is 5.90. The van der Waals surface area contributed by atoms with E-state index in [1.165, 1.54) is 6.07 Å². The number of alkyl halides is 2. The van der Waals surface area contributed by atoms with Crippen LogP contribution in [0.3, 0.4) is 0 Å². The minimum atomic E-state index is -3.07. The van der Waals surface area contributed by atoms with E-state index in [4.69, 9.17) is 11.7 Å². The van der Waals surface area contributed by atoms with Gasteiger partial charge in [-0.3, -0.25) is 4.90 Å². The molecule has 0 saturated heterocycles. The van der Waals surface area contributed by atoms with E-state index in [0.717, 1.165) is 11.3 Å². The number of carbonyl (C=O) groups is 1. The van der Waals surface area contributed by atoms with Gasteiger partial charge in [0.25, 0.3) is 0 Å². The fraction of sp³-hybridized carbons (Fsp3) is 0.435. The van der Waals surface area contributed by atoms with Crippen molar-refractivity contribution < 1.29 is 18.3 Å². The van der Waals surface area contributed by atoms with Crippen LogP contribution in [-0.4, -0.2) is 29.5 Å². The van der Waals surface area contributed by atoms with Crippen LogP contribution in [0.1, 0.15) is 50.3 Å². The van der Waals surface area contributed by atoms with Gasteiger partial charge in [0.1, 0.15) is 11.5 Å². The van der Waals surface area contributed by atoms with Crippen LogP contribution in [0.15, 0.2) is 41.5 Å². The molecule has 2 aromatic rings. The fourth-order valence-electron chi connectivity index (χ4n) is 4.15. The molecule has 1 aliphatic rings. The van der Waals surface area contributed by atoms with Crippen molar-refractivity contribution in [2.75, 3.05) is 10.2 Å². The Hall–Kier alpha value is -3.47. The number of hydrazine groups is 1. The van der Waals surface area contributed by atoms with Crippen LogP contribution in [0.2, 0.25) is 0 Å². The molecule has 1 saturated carbocycles. The van der Waals surface area contributed by atoms with Gasteiger partial charge in [-0.2, -0.15) is 13.9 Å². The minimum Gasteiger partial charge on any atom is -0.415 e. The standard InChI is InChI=1S/C23H31F2N7O2/c1-13(2)17-6-4-5-7-19(17)32(16-10-15(11-16)12-20(30-26)31-27)23(33)29-18-9-8-14(3)28-21(18)34-22(24)25/h4-9,13,15-16,22H,10-12,26-27H2,1-3H3,(H,29,33)(H,30,31). The van der Waals surface area contributed by atoms with Crippen molar-refractivity contribution in [2.24, 2.45) is 22.7 Å². The summed E-state index contributed by atoms with van der Waals surface area (Å²) in [4.78, 5) is 19.2. The first-order valence-corrected chi connectivity index (χ1v) is 11.1. The number of carbonyl (C=O) groups excluding carboxylic acids is 1. The Bertz CT molecular complexity index is 1030. The Morgan fingerprint density at radius 1 is 1.26 bits per heavy atom. The largest absolute Gasteiger partial charge is 0.415 e. The van der Waals surface area contributed by atoms with Crippen molar-refractivity contribution in [3.05, 3.63) is 47.7 Å². The number of urea groups is 1. The molecule has 34 heavy (non-hydrogen) atoms. The molecule has 1 aromatic heterocycles. The highest BCUT2D eigenvalue weighted by atomic mass is 19.3. The molecule has 3 rings (SSSR count). The first-order chi connectivity index (χ1) is 16.2. The first kappa shape index (κ1) is 25.2. The minimum absolute atomic E-state index is 0.0729. The number of rotatable bonds is 8. The number of benzene rings is 1. The molecule has 2 amide bonds. The number of nitrogens with two attached hydrogens (primary N) is 2. The third-order valence-electron chi connectivity index (χ3n) is 5.86. The molecular formula is C23H31F2N7O2. The zero-order chi connectivity index (χ0) is 24.8. The van der Waals surface area contributed by atoms with Crippen LogP contribution in [-0.2, 0) is 0 Å². The van der Waals surface area contributed by atoms with E-state index in [9.17, 15) is 13.6 Å². The van der Waals surface area contributed by atoms with Gasteiger partial charge in [0, 0.05) is 23.8 Å². The lowest BCUT2D eigenvalue weighted by Gasteiger charge is -2.43. The molecule has 0 spiro atoms. The second-order valence-electron chi connectivity index (χ2n) is 8.61. The maximum atomic E-state index is 13.6. The molecule has 0 radical (unpaired) electrons. The number of hydrogen-bond acceptors (Lipinski definition) is 6. The number of ether oxygens (including phenoxy) is 1. The average molecular weight is 476 g/mol. The van der Waals surface area contributed by atoms with E-state index >= 15 is 0 Å². The molecule has 1 aliphatic carbocycles. The summed E-state index contributed by atoms with van der Waals surface area (Å²) >= 11 is 0. The predicted molar refractivity (Wildman–Crippen MR) is 128 cm³/mol. The van der Waals surface area contributed by atoms with Crippen LogP contribution >= 0.6 is 0 Å². The Morgan fingerprint density at radius 3 is 2.59 bits per heavy atom. The van der Waals surface area contributed by atoms with Crippen LogP contribution in [0, 0.1) is 12.8 Å². The summed E-state index contributed by atoms with van der Waals surface area (Å²) in [7, 11) is 0.